The highest BCUT2D eigenvalue weighted by atomic mass is 15.0. The highest BCUT2D eigenvalue weighted by Crippen LogP contribution is 2.20. The van der Waals surface area contributed by atoms with Crippen LogP contribution in [0.2, 0.25) is 0 Å². The topological polar surface area (TPSA) is 37.0 Å². The summed E-state index contributed by atoms with van der Waals surface area (Å²) in [6.07, 6.45) is 10.4. The number of nitrogens with one attached hydrogen (secondary N) is 2. The van der Waals surface area contributed by atoms with Gasteiger partial charge in [-0.2, -0.15) is 0 Å². The summed E-state index contributed by atoms with van der Waals surface area (Å²) < 4.78 is 0. The van der Waals surface area contributed by atoms with Crippen LogP contribution in [0.4, 0.5) is 5.82 Å². The van der Waals surface area contributed by atoms with Crippen LogP contribution in [0.1, 0.15) is 49.8 Å². The van der Waals surface area contributed by atoms with E-state index in [0.29, 0.717) is 0 Å². The van der Waals surface area contributed by atoms with Crippen molar-refractivity contribution in [1.29, 1.82) is 0 Å². The quantitative estimate of drug-likeness (QED) is 0.749. The Labute approximate surface area is 122 Å². The van der Waals surface area contributed by atoms with Gasteiger partial charge >= 0.3 is 0 Å². The molecule has 0 unspecified atom stereocenters. The van der Waals surface area contributed by atoms with Gasteiger partial charge in [-0.15, -0.1) is 0 Å². The molecule has 0 bridgehead atoms. The summed E-state index contributed by atoms with van der Waals surface area (Å²) in [5.74, 6) is 2.12. The fraction of sp³-hybridized carbons (Fsp3) is 0.706. The van der Waals surface area contributed by atoms with Crippen molar-refractivity contribution < 1.29 is 0 Å². The molecule has 1 aromatic rings. The fourth-order valence-corrected chi connectivity index (χ4v) is 3.15. The van der Waals surface area contributed by atoms with Crippen molar-refractivity contribution >= 4 is 5.82 Å². The lowest BCUT2D eigenvalue weighted by Crippen LogP contribution is -2.41. The molecule has 110 valence electrons. The van der Waals surface area contributed by atoms with Gasteiger partial charge in [0.1, 0.15) is 5.82 Å². The maximum atomic E-state index is 4.76. The molecule has 3 heterocycles. The van der Waals surface area contributed by atoms with Gasteiger partial charge in [0.15, 0.2) is 0 Å². The van der Waals surface area contributed by atoms with E-state index in [9.17, 15) is 0 Å². The molecule has 2 aliphatic rings. The molecular formula is C17H27N3. The summed E-state index contributed by atoms with van der Waals surface area (Å²) in [7, 11) is 0. The second-order valence-electron chi connectivity index (χ2n) is 6.32. The maximum Gasteiger partial charge on any atom is 0.129 e. The van der Waals surface area contributed by atoms with Gasteiger partial charge in [-0.1, -0.05) is 25.3 Å². The first-order valence-electron chi connectivity index (χ1n) is 8.35. The van der Waals surface area contributed by atoms with Gasteiger partial charge in [-0.3, -0.25) is 0 Å². The third kappa shape index (κ3) is 3.72. The van der Waals surface area contributed by atoms with Crippen LogP contribution in [-0.2, 0) is 12.8 Å². The first-order chi connectivity index (χ1) is 9.92. The molecule has 0 radical (unpaired) electrons. The average molecular weight is 273 g/mol. The summed E-state index contributed by atoms with van der Waals surface area (Å²) in [4.78, 5) is 4.76. The van der Waals surface area contributed by atoms with Crippen molar-refractivity contribution in [3.8, 4) is 0 Å². The van der Waals surface area contributed by atoms with Crippen molar-refractivity contribution in [2.45, 2.75) is 51.4 Å². The molecule has 1 aromatic heterocycles. The molecule has 0 aromatic carbocycles. The predicted octanol–water partition coefficient (Wildman–Crippen LogP) is 3.15. The molecule has 20 heavy (non-hydrogen) atoms. The molecule has 2 N–H and O–H groups in total. The standard InChI is InChI=1S/C17H27N3/c1(3-6-14-12-18-13-14)2-4-8-16-10-9-15-7-5-11-19-17(15)20-16/h9-10,14,18H,1-8,11-13H2,(H,19,20). The minimum absolute atomic E-state index is 0.975. The third-order valence-electron chi connectivity index (χ3n) is 4.61. The van der Waals surface area contributed by atoms with Crippen LogP contribution in [0.3, 0.4) is 0 Å². The average Bonchev–Trinajstić information content (AvgIpc) is 2.44. The SMILES string of the molecule is c1cc2c(nc1CCCCCCC1CNC1)NCCC2. The molecule has 0 aliphatic carbocycles. The van der Waals surface area contributed by atoms with E-state index in [-0.39, 0.29) is 0 Å². The summed E-state index contributed by atoms with van der Waals surface area (Å²) in [6.45, 7) is 3.59. The second kappa shape index (κ2) is 7.07. The van der Waals surface area contributed by atoms with Crippen molar-refractivity contribution in [3.63, 3.8) is 0 Å². The zero-order valence-corrected chi connectivity index (χ0v) is 12.5. The Morgan fingerprint density at radius 2 is 2.00 bits per heavy atom. The molecule has 0 amide bonds. The summed E-state index contributed by atoms with van der Waals surface area (Å²) >= 11 is 0. The van der Waals surface area contributed by atoms with Gasteiger partial charge in [-0.05, 0) is 62.7 Å². The molecule has 2 aliphatic heterocycles. The van der Waals surface area contributed by atoms with Gasteiger partial charge in [0, 0.05) is 12.2 Å². The second-order valence-corrected chi connectivity index (χ2v) is 6.32. The van der Waals surface area contributed by atoms with E-state index in [4.69, 9.17) is 4.98 Å². The van der Waals surface area contributed by atoms with E-state index in [1.165, 1.54) is 69.3 Å². The Morgan fingerprint density at radius 3 is 2.85 bits per heavy atom. The Hall–Kier alpha value is -1.09. The molecule has 3 nitrogen and oxygen atoms in total. The number of aryl methyl sites for hydroxylation is 2. The van der Waals surface area contributed by atoms with E-state index in [1.54, 1.807) is 0 Å². The molecule has 1 fully saturated rings. The third-order valence-corrected chi connectivity index (χ3v) is 4.61. The number of pyridine rings is 1. The molecule has 0 saturated carbocycles. The molecular weight excluding hydrogens is 246 g/mol. The largest absolute Gasteiger partial charge is 0.370 e. The van der Waals surface area contributed by atoms with Crippen LogP contribution in [0.5, 0.6) is 0 Å². The van der Waals surface area contributed by atoms with E-state index >= 15 is 0 Å². The summed E-state index contributed by atoms with van der Waals surface area (Å²) in [5.41, 5.74) is 2.66. The number of anilines is 1. The van der Waals surface area contributed by atoms with Gasteiger partial charge in [0.2, 0.25) is 0 Å². The van der Waals surface area contributed by atoms with Crippen LogP contribution < -0.4 is 10.6 Å². The smallest absolute Gasteiger partial charge is 0.129 e. The molecule has 3 heteroatoms. The number of hydrogen-bond acceptors (Lipinski definition) is 3. The zero-order chi connectivity index (χ0) is 13.6. The number of rotatable bonds is 7. The van der Waals surface area contributed by atoms with Crippen molar-refractivity contribution in [2.24, 2.45) is 5.92 Å². The molecule has 1 saturated heterocycles. The number of aromatic nitrogens is 1. The Morgan fingerprint density at radius 1 is 1.10 bits per heavy atom. The van der Waals surface area contributed by atoms with Gasteiger partial charge < -0.3 is 10.6 Å². The Kier molecular flexibility index (Phi) is 4.91. The number of nitrogens with zero attached hydrogens (tertiary/aromatic N) is 1. The maximum absolute atomic E-state index is 4.76. The first kappa shape index (κ1) is 13.9. The minimum Gasteiger partial charge on any atom is -0.370 e. The van der Waals surface area contributed by atoms with Crippen LogP contribution in [0.25, 0.3) is 0 Å². The lowest BCUT2D eigenvalue weighted by atomic mass is 9.95. The van der Waals surface area contributed by atoms with Crippen LogP contribution in [0, 0.1) is 5.92 Å². The summed E-state index contributed by atoms with van der Waals surface area (Å²) in [6, 6.07) is 4.50. The lowest BCUT2D eigenvalue weighted by molar-refractivity contribution is 0.316. The van der Waals surface area contributed by atoms with Crippen molar-refractivity contribution in [2.75, 3.05) is 25.0 Å². The molecule has 0 atom stereocenters. The first-order valence-corrected chi connectivity index (χ1v) is 8.35. The predicted molar refractivity (Wildman–Crippen MR) is 84.2 cm³/mol. The fourth-order valence-electron chi connectivity index (χ4n) is 3.15. The number of unbranched alkanes of at least 4 members (excludes halogenated alkanes) is 3. The Balaban J connectivity index is 1.33. The summed E-state index contributed by atoms with van der Waals surface area (Å²) in [5, 5.41) is 6.77. The van der Waals surface area contributed by atoms with Crippen LogP contribution >= 0.6 is 0 Å². The zero-order valence-electron chi connectivity index (χ0n) is 12.5. The van der Waals surface area contributed by atoms with Crippen LogP contribution in [0.15, 0.2) is 12.1 Å². The highest BCUT2D eigenvalue weighted by Gasteiger charge is 2.15. The van der Waals surface area contributed by atoms with E-state index in [1.807, 2.05) is 0 Å². The van der Waals surface area contributed by atoms with Crippen molar-refractivity contribution in [1.82, 2.24) is 10.3 Å². The van der Waals surface area contributed by atoms with Crippen LogP contribution in [-0.4, -0.2) is 24.6 Å². The highest BCUT2D eigenvalue weighted by molar-refractivity contribution is 5.46. The van der Waals surface area contributed by atoms with Gasteiger partial charge in [-0.25, -0.2) is 4.98 Å². The van der Waals surface area contributed by atoms with Gasteiger partial charge in [0.25, 0.3) is 0 Å². The monoisotopic (exact) mass is 273 g/mol. The van der Waals surface area contributed by atoms with E-state index in [2.05, 4.69) is 22.8 Å². The van der Waals surface area contributed by atoms with Gasteiger partial charge in [0.05, 0.1) is 0 Å². The molecule has 0 spiro atoms. The van der Waals surface area contributed by atoms with E-state index in [0.717, 1.165) is 24.7 Å². The number of hydrogen-bond donors (Lipinski definition) is 2. The normalized spacial score (nSPS) is 18.2. The number of fused-ring (bicyclic) bond motifs is 1. The minimum atomic E-state index is 0.975. The van der Waals surface area contributed by atoms with E-state index < -0.39 is 0 Å². The Bertz CT molecular complexity index is 426. The molecule has 3 rings (SSSR count). The van der Waals surface area contributed by atoms with Crippen molar-refractivity contribution in [3.05, 3.63) is 23.4 Å². The lowest BCUT2D eigenvalue weighted by Gasteiger charge is -2.26.